The molecule has 0 aliphatic carbocycles. The van der Waals surface area contributed by atoms with Crippen molar-refractivity contribution in [2.24, 2.45) is 5.92 Å². The Morgan fingerprint density at radius 3 is 2.66 bits per heavy atom. The van der Waals surface area contributed by atoms with Crippen LogP contribution in [0, 0.1) is 12.8 Å². The van der Waals surface area contributed by atoms with Crippen LogP contribution >= 0.6 is 11.8 Å². The van der Waals surface area contributed by atoms with Gasteiger partial charge in [-0.05, 0) is 83.9 Å². The molecule has 0 spiro atoms. The highest BCUT2D eigenvalue weighted by molar-refractivity contribution is 8.14. The van der Waals surface area contributed by atoms with Gasteiger partial charge < -0.3 is 25.5 Å². The fourth-order valence-electron chi connectivity index (χ4n) is 6.12. The normalized spacial score (nSPS) is 28.2. The van der Waals surface area contributed by atoms with Crippen LogP contribution in [0.5, 0.6) is 0 Å². The van der Waals surface area contributed by atoms with Crippen molar-refractivity contribution in [2.45, 2.75) is 89.5 Å². The summed E-state index contributed by atoms with van der Waals surface area (Å²) in [6, 6.07) is 0.995. The van der Waals surface area contributed by atoms with Crippen molar-refractivity contribution in [3.63, 3.8) is 0 Å². The fourth-order valence-corrected chi connectivity index (χ4v) is 7.26. The molecule has 8 heteroatoms. The Balaban J connectivity index is 1.59. The molecule has 3 unspecified atom stereocenters. The van der Waals surface area contributed by atoms with E-state index >= 15 is 0 Å². The van der Waals surface area contributed by atoms with Gasteiger partial charge in [-0.3, -0.25) is 9.48 Å². The zero-order valence-corrected chi connectivity index (χ0v) is 25.5. The standard InChI is InChI=1S/C30H50N7S/c1-22(2)18-26-25(20-32-28(31-6)34-26)27-19-30(4,5)38-29(35(7)21-23(3)33-27)37-16-11-12-24(13-17-37)36-14-9-8-10-15-36/h19-20,22-24,33H,4,8-18,21H2,1-3,5-7H3/q+1. The number of thioether (sulfide) groups is 1. The number of hydrogen-bond donors (Lipinski definition) is 1. The highest BCUT2D eigenvalue weighted by Crippen LogP contribution is 2.34. The third-order valence-electron chi connectivity index (χ3n) is 7.87. The minimum absolute atomic E-state index is 0.256. The lowest BCUT2D eigenvalue weighted by Gasteiger charge is -2.33. The third kappa shape index (κ3) is 7.59. The Morgan fingerprint density at radius 2 is 1.95 bits per heavy atom. The van der Waals surface area contributed by atoms with Gasteiger partial charge in [0, 0.05) is 47.5 Å². The summed E-state index contributed by atoms with van der Waals surface area (Å²) in [5.41, 5.74) is 3.20. The number of piperidine rings is 1. The number of amidine groups is 1. The summed E-state index contributed by atoms with van der Waals surface area (Å²) in [7, 11) is 4.00. The zero-order valence-electron chi connectivity index (χ0n) is 24.7. The molecule has 210 valence electrons. The molecule has 3 atom stereocenters. The number of likely N-dealkylation sites (tertiary alicyclic amines) is 2. The van der Waals surface area contributed by atoms with E-state index in [-0.39, 0.29) is 10.8 Å². The molecule has 0 saturated carbocycles. The molecule has 4 heterocycles. The van der Waals surface area contributed by atoms with Gasteiger partial charge in [0.15, 0.2) is 4.75 Å². The molecule has 4 rings (SSSR count). The number of nitrogens with zero attached hydrogens (tertiary/aromatic N) is 6. The van der Waals surface area contributed by atoms with E-state index in [1.54, 1.807) is 7.05 Å². The van der Waals surface area contributed by atoms with Gasteiger partial charge >= 0.3 is 5.17 Å². The lowest BCUT2D eigenvalue weighted by atomic mass is 10.00. The van der Waals surface area contributed by atoms with E-state index in [0.717, 1.165) is 49.1 Å². The summed E-state index contributed by atoms with van der Waals surface area (Å²) in [5.74, 6) is 1.04. The maximum Gasteiger partial charge on any atom is 0.313 e. The van der Waals surface area contributed by atoms with Crippen LogP contribution in [0.25, 0.3) is 11.0 Å². The second-order valence-electron chi connectivity index (χ2n) is 12.2. The quantitative estimate of drug-likeness (QED) is 0.404. The molecule has 0 amide bonds. The minimum Gasteiger partial charge on any atom is -0.397 e. The first kappa shape index (κ1) is 29.1. The number of nitrogens with one attached hydrogen (secondary N) is 1. The van der Waals surface area contributed by atoms with E-state index in [9.17, 15) is 0 Å². The van der Waals surface area contributed by atoms with E-state index in [0.29, 0.717) is 11.9 Å². The van der Waals surface area contributed by atoms with Gasteiger partial charge in [0.1, 0.15) is 6.54 Å². The molecular weight excluding hydrogens is 490 g/mol. The van der Waals surface area contributed by atoms with Crippen molar-refractivity contribution in [1.29, 1.82) is 0 Å². The lowest BCUT2D eigenvalue weighted by Crippen LogP contribution is -2.42. The second-order valence-corrected chi connectivity index (χ2v) is 13.7. The van der Waals surface area contributed by atoms with Gasteiger partial charge in [0.25, 0.3) is 0 Å². The van der Waals surface area contributed by atoms with Crippen LogP contribution < -0.4 is 5.32 Å². The molecule has 7 nitrogen and oxygen atoms in total. The van der Waals surface area contributed by atoms with Crippen LogP contribution in [0.15, 0.2) is 12.3 Å². The number of aromatic nitrogens is 2. The van der Waals surface area contributed by atoms with Crippen molar-refractivity contribution in [2.75, 3.05) is 46.8 Å². The van der Waals surface area contributed by atoms with E-state index < -0.39 is 0 Å². The molecule has 0 bridgehead atoms. The van der Waals surface area contributed by atoms with E-state index in [1.165, 1.54) is 56.8 Å². The lowest BCUT2D eigenvalue weighted by molar-refractivity contribution is -0.502. The summed E-state index contributed by atoms with van der Waals surface area (Å²) in [6.07, 6.45) is 13.1. The summed E-state index contributed by atoms with van der Waals surface area (Å²) < 4.78 is 2.10. The predicted molar refractivity (Wildman–Crippen MR) is 162 cm³/mol. The van der Waals surface area contributed by atoms with Crippen LogP contribution in [0.4, 0.5) is 5.95 Å². The van der Waals surface area contributed by atoms with E-state index in [4.69, 9.17) is 11.9 Å². The smallest absolute Gasteiger partial charge is 0.313 e. The molecule has 3 aliphatic rings. The number of rotatable bonds is 5. The van der Waals surface area contributed by atoms with Crippen LogP contribution in [0.1, 0.15) is 77.5 Å². The summed E-state index contributed by atoms with van der Waals surface area (Å²) in [5, 5.41) is 9.40. The van der Waals surface area contributed by atoms with Crippen LogP contribution in [0.3, 0.4) is 0 Å². The third-order valence-corrected chi connectivity index (χ3v) is 9.21. The summed E-state index contributed by atoms with van der Waals surface area (Å²) in [6.45, 7) is 19.4. The Morgan fingerprint density at radius 1 is 1.18 bits per heavy atom. The van der Waals surface area contributed by atoms with Crippen molar-refractivity contribution < 1.29 is 4.58 Å². The van der Waals surface area contributed by atoms with Crippen LogP contribution in [-0.2, 0) is 6.42 Å². The Hall–Kier alpha value is -1.93. The number of likely N-dealkylation sites (N-methyl/N-ethyl adjacent to an activating group) is 1. The van der Waals surface area contributed by atoms with Gasteiger partial charge in [-0.25, -0.2) is 0 Å². The Labute approximate surface area is 235 Å². The van der Waals surface area contributed by atoms with Crippen molar-refractivity contribution in [3.05, 3.63) is 35.8 Å². The monoisotopic (exact) mass is 540 g/mol. The Bertz CT molecular complexity index is 996. The summed E-state index contributed by atoms with van der Waals surface area (Å²) in [4.78, 5) is 14.8. The second kappa shape index (κ2) is 12.9. The average Bonchev–Trinajstić information content (AvgIpc) is 3.11. The summed E-state index contributed by atoms with van der Waals surface area (Å²) >= 11 is 1.89. The topological polar surface area (TPSA) is 61.4 Å². The first-order valence-corrected chi connectivity index (χ1v) is 15.5. The molecule has 1 aromatic rings. The van der Waals surface area contributed by atoms with Gasteiger partial charge in [-0.2, -0.15) is 0 Å². The first-order valence-electron chi connectivity index (χ1n) is 14.7. The maximum atomic E-state index is 4.80. The zero-order chi connectivity index (χ0) is 27.3. The molecule has 2 saturated heterocycles. The van der Waals surface area contributed by atoms with Crippen molar-refractivity contribution in [3.8, 4) is 0 Å². The molecular formula is C30H50N7S+. The molecule has 0 radical (unpaired) electrons. The minimum atomic E-state index is -0.350. The van der Waals surface area contributed by atoms with Gasteiger partial charge in [-0.15, -0.1) is 0 Å². The van der Waals surface area contributed by atoms with Gasteiger partial charge in [0.2, 0.25) is 0 Å². The first-order chi connectivity index (χ1) is 18.1. The van der Waals surface area contributed by atoms with Gasteiger partial charge in [0.05, 0.1) is 33.1 Å². The molecule has 2 fully saturated rings. The van der Waals surface area contributed by atoms with Gasteiger partial charge in [-0.1, -0.05) is 20.3 Å². The highest BCUT2D eigenvalue weighted by atomic mass is 32.2. The van der Waals surface area contributed by atoms with Crippen LogP contribution in [0.2, 0.25) is 0 Å². The molecule has 1 aromatic heterocycles. The predicted octanol–water partition coefficient (Wildman–Crippen LogP) is 5.31. The Kier molecular flexibility index (Phi) is 9.90. The average molecular weight is 541 g/mol. The fraction of sp³-hybridized carbons (Fsp3) is 0.733. The van der Waals surface area contributed by atoms with Crippen molar-refractivity contribution >= 4 is 28.6 Å². The molecule has 3 aliphatic heterocycles. The van der Waals surface area contributed by atoms with E-state index in [2.05, 4.69) is 70.8 Å². The highest BCUT2D eigenvalue weighted by Gasteiger charge is 2.38. The molecule has 38 heavy (non-hydrogen) atoms. The largest absolute Gasteiger partial charge is 0.397 e. The van der Waals surface area contributed by atoms with E-state index in [1.807, 2.05) is 18.0 Å². The molecule has 1 N–H and O–H groups in total. The number of hydrogen-bond acceptors (Lipinski definition) is 6. The molecule has 0 aromatic carbocycles. The SMILES string of the molecule is [CH2+]C1(C)C=C(c2cnc([N-]C)nc2CC(C)C)NC(C)C[N+](C)=C(N2CCCC(N3CCCCC3)CC2)S1. The van der Waals surface area contributed by atoms with Crippen LogP contribution in [-0.4, -0.2) is 93.2 Å². The maximum absolute atomic E-state index is 4.80. The van der Waals surface area contributed by atoms with Crippen molar-refractivity contribution in [1.82, 2.24) is 25.1 Å².